The Bertz CT molecular complexity index is 75.5. The molecule has 0 saturated heterocycles. The van der Waals surface area contributed by atoms with Crippen LogP contribution in [0.1, 0.15) is 0 Å². The van der Waals surface area contributed by atoms with Gasteiger partial charge in [0, 0.05) is 0 Å². The van der Waals surface area contributed by atoms with Gasteiger partial charge in [0.1, 0.15) is 8.65 Å². The van der Waals surface area contributed by atoms with Gasteiger partial charge in [-0.05, 0) is 0 Å². The molecule has 34 valence electrons. The van der Waals surface area contributed by atoms with E-state index in [1.54, 1.807) is 0 Å². The van der Waals surface area contributed by atoms with Crippen molar-refractivity contribution in [3.05, 3.63) is 0 Å². The Hall–Kier alpha value is 0.760. The smallest absolute Gasteiger partial charge is 0.0690 e. The lowest BCUT2D eigenvalue weighted by molar-refractivity contribution is 3.47. The molecule has 0 atom stereocenters. The van der Waals surface area contributed by atoms with Crippen LogP contribution < -0.4 is 0 Å². The minimum Gasteiger partial charge on any atom is -0.0690 e. The highest BCUT2D eigenvalue weighted by Gasteiger charge is 1.90. The van der Waals surface area contributed by atoms with Crippen LogP contribution in [0.2, 0.25) is 0 Å². The second-order valence-corrected chi connectivity index (χ2v) is 2.57. The number of halogens is 2. The van der Waals surface area contributed by atoms with Crippen molar-refractivity contribution in [2.75, 3.05) is 0 Å². The minimum atomic E-state index is 0.0617. The minimum absolute atomic E-state index is 0.0617. The molecule has 6 heavy (non-hydrogen) atoms. The predicted octanol–water partition coefficient (Wildman–Crippen LogP) is 2.12. The predicted molar refractivity (Wildman–Crippen MR) is 36.9 cm³/mol. The van der Waals surface area contributed by atoms with E-state index in [9.17, 15) is 0 Å². The molecular formula is C2Cl2S2. The monoisotopic (exact) mass is 158 g/mol. The molecule has 0 aliphatic rings. The van der Waals surface area contributed by atoms with E-state index in [-0.39, 0.29) is 8.65 Å². The third kappa shape index (κ3) is 2.97. The zero-order valence-corrected chi connectivity index (χ0v) is 5.72. The Morgan fingerprint density at radius 3 is 1.17 bits per heavy atom. The van der Waals surface area contributed by atoms with Gasteiger partial charge in [-0.3, -0.25) is 0 Å². The second-order valence-electron chi connectivity index (χ2n) is 0.547. The third-order valence-electron chi connectivity index (χ3n) is 0.155. The summed E-state index contributed by atoms with van der Waals surface area (Å²) < 4.78 is 0.123. The molecule has 0 nitrogen and oxygen atoms in total. The summed E-state index contributed by atoms with van der Waals surface area (Å²) in [7, 11) is 0. The summed E-state index contributed by atoms with van der Waals surface area (Å²) in [5, 5.41) is 0. The SMILES string of the molecule is S=C(Cl)C(=S)Cl. The van der Waals surface area contributed by atoms with E-state index < -0.39 is 0 Å². The molecule has 0 N–H and O–H groups in total. The molecule has 0 aliphatic heterocycles. The Morgan fingerprint density at radius 1 is 1.00 bits per heavy atom. The van der Waals surface area contributed by atoms with Crippen molar-refractivity contribution in [1.82, 2.24) is 0 Å². The van der Waals surface area contributed by atoms with Gasteiger partial charge in [0.05, 0.1) is 0 Å². The van der Waals surface area contributed by atoms with E-state index in [4.69, 9.17) is 23.2 Å². The van der Waals surface area contributed by atoms with E-state index >= 15 is 0 Å². The largest absolute Gasteiger partial charge is 0.133 e. The van der Waals surface area contributed by atoms with Gasteiger partial charge >= 0.3 is 0 Å². The lowest BCUT2D eigenvalue weighted by atomic mass is 10.9. The first kappa shape index (κ1) is 6.76. The molecule has 0 aromatic rings. The first-order valence-electron chi connectivity index (χ1n) is 1.04. The Morgan fingerprint density at radius 2 is 1.17 bits per heavy atom. The Kier molecular flexibility index (Phi) is 3.22. The third-order valence-corrected chi connectivity index (χ3v) is 1.39. The molecule has 0 saturated carbocycles. The van der Waals surface area contributed by atoms with Crippen molar-refractivity contribution in [2.45, 2.75) is 0 Å². The number of rotatable bonds is 1. The van der Waals surface area contributed by atoms with Crippen LogP contribution in [0.3, 0.4) is 0 Å². The van der Waals surface area contributed by atoms with E-state index in [0.717, 1.165) is 0 Å². The maximum atomic E-state index is 5.07. The van der Waals surface area contributed by atoms with Gasteiger partial charge in [0.15, 0.2) is 0 Å². The van der Waals surface area contributed by atoms with Crippen LogP contribution in [-0.4, -0.2) is 8.65 Å². The summed E-state index contributed by atoms with van der Waals surface area (Å²) in [6, 6.07) is 0. The molecule has 0 aromatic heterocycles. The Labute approximate surface area is 56.4 Å². The summed E-state index contributed by atoms with van der Waals surface area (Å²) in [5.41, 5.74) is 0. The fourth-order valence-corrected chi connectivity index (χ4v) is 0. The van der Waals surface area contributed by atoms with E-state index in [1.807, 2.05) is 0 Å². The molecule has 0 aromatic carbocycles. The van der Waals surface area contributed by atoms with Crippen LogP contribution in [0.4, 0.5) is 0 Å². The first-order chi connectivity index (χ1) is 2.64. The molecule has 0 heterocycles. The average molecular weight is 159 g/mol. The average Bonchev–Trinajstić information content (AvgIpc) is 1.36. The molecule has 0 aliphatic carbocycles. The highest BCUT2D eigenvalue weighted by molar-refractivity contribution is 7.94. The number of hydrogen-bond donors (Lipinski definition) is 0. The molecule has 4 heteroatoms. The summed E-state index contributed by atoms with van der Waals surface area (Å²) in [4.78, 5) is 0. The normalized spacial score (nSPS) is 7.67. The molecule has 0 unspecified atom stereocenters. The van der Waals surface area contributed by atoms with Crippen molar-refractivity contribution in [2.24, 2.45) is 0 Å². The summed E-state index contributed by atoms with van der Waals surface area (Å²) in [5.74, 6) is 0. The molecule has 0 radical (unpaired) electrons. The van der Waals surface area contributed by atoms with Crippen molar-refractivity contribution < 1.29 is 0 Å². The molecule has 0 spiro atoms. The highest BCUT2D eigenvalue weighted by Crippen LogP contribution is 1.93. The van der Waals surface area contributed by atoms with Crippen LogP contribution in [0.25, 0.3) is 0 Å². The lowest BCUT2D eigenvalue weighted by Gasteiger charge is -1.75. The fraction of sp³-hybridized carbons (Fsp3) is 0. The van der Waals surface area contributed by atoms with Crippen molar-refractivity contribution in [3.8, 4) is 0 Å². The van der Waals surface area contributed by atoms with Crippen molar-refractivity contribution in [3.63, 3.8) is 0 Å². The number of hydrogen-bond acceptors (Lipinski definition) is 2. The van der Waals surface area contributed by atoms with Crippen LogP contribution >= 0.6 is 47.6 Å². The maximum Gasteiger partial charge on any atom is 0.133 e. The van der Waals surface area contributed by atoms with Gasteiger partial charge in [-0.1, -0.05) is 47.6 Å². The fourth-order valence-electron chi connectivity index (χ4n) is 0. The molecule has 0 amide bonds. The van der Waals surface area contributed by atoms with Gasteiger partial charge in [-0.2, -0.15) is 0 Å². The van der Waals surface area contributed by atoms with Crippen LogP contribution in [-0.2, 0) is 0 Å². The summed E-state index contributed by atoms with van der Waals surface area (Å²) >= 11 is 18.8. The van der Waals surface area contributed by atoms with Crippen LogP contribution in [0, 0.1) is 0 Å². The second kappa shape index (κ2) is 2.86. The maximum absolute atomic E-state index is 5.07. The summed E-state index contributed by atoms with van der Waals surface area (Å²) in [6.45, 7) is 0. The first-order valence-corrected chi connectivity index (χ1v) is 2.61. The van der Waals surface area contributed by atoms with Crippen molar-refractivity contribution in [1.29, 1.82) is 0 Å². The van der Waals surface area contributed by atoms with Gasteiger partial charge in [-0.15, -0.1) is 0 Å². The standard InChI is InChI=1S/C2Cl2S2/c3-1(5)2(4)6. The highest BCUT2D eigenvalue weighted by atomic mass is 35.5. The van der Waals surface area contributed by atoms with Gasteiger partial charge in [0.25, 0.3) is 0 Å². The molecule has 0 rings (SSSR count). The molecule has 0 bridgehead atoms. The van der Waals surface area contributed by atoms with Gasteiger partial charge in [-0.25, -0.2) is 0 Å². The van der Waals surface area contributed by atoms with Crippen LogP contribution in [0.15, 0.2) is 0 Å². The number of thiocarbonyl (C=S) groups is 2. The molecule has 0 fully saturated rings. The Balaban J connectivity index is 3.57. The zero-order valence-electron chi connectivity index (χ0n) is 2.57. The van der Waals surface area contributed by atoms with Crippen LogP contribution in [0.5, 0.6) is 0 Å². The van der Waals surface area contributed by atoms with E-state index in [1.165, 1.54) is 0 Å². The topological polar surface area (TPSA) is 0 Å². The molecular weight excluding hydrogens is 159 g/mol. The van der Waals surface area contributed by atoms with Crippen molar-refractivity contribution >= 4 is 56.3 Å². The van der Waals surface area contributed by atoms with Gasteiger partial charge in [0.2, 0.25) is 0 Å². The van der Waals surface area contributed by atoms with E-state index in [2.05, 4.69) is 24.4 Å². The lowest BCUT2D eigenvalue weighted by Crippen LogP contribution is -1.87. The zero-order chi connectivity index (χ0) is 5.15. The van der Waals surface area contributed by atoms with E-state index in [0.29, 0.717) is 0 Å². The van der Waals surface area contributed by atoms with Gasteiger partial charge < -0.3 is 0 Å². The quantitative estimate of drug-likeness (QED) is 0.424. The summed E-state index contributed by atoms with van der Waals surface area (Å²) in [6.07, 6.45) is 0.